The third-order valence-corrected chi connectivity index (χ3v) is 5.47. The maximum Gasteiger partial charge on any atom is 0.317 e. The van der Waals surface area contributed by atoms with Crippen LogP contribution in [0.2, 0.25) is 0 Å². The van der Waals surface area contributed by atoms with E-state index in [2.05, 4.69) is 12.2 Å². The molecule has 26 heavy (non-hydrogen) atoms. The Bertz CT molecular complexity index is 678. The van der Waals surface area contributed by atoms with Gasteiger partial charge in [0, 0.05) is 31.0 Å². The van der Waals surface area contributed by atoms with E-state index in [9.17, 15) is 14.7 Å². The van der Waals surface area contributed by atoms with Crippen molar-refractivity contribution in [2.75, 3.05) is 13.6 Å². The van der Waals surface area contributed by atoms with Gasteiger partial charge in [0.15, 0.2) is 5.78 Å². The summed E-state index contributed by atoms with van der Waals surface area (Å²) in [6, 6.07) is 7.22. The first-order valence-corrected chi connectivity index (χ1v) is 9.28. The number of carbonyl (C=O) groups excluding carboxylic acids is 2. The Morgan fingerprint density at radius 2 is 1.96 bits per heavy atom. The van der Waals surface area contributed by atoms with Crippen molar-refractivity contribution in [1.82, 2.24) is 10.2 Å². The molecule has 5 heteroatoms. The summed E-state index contributed by atoms with van der Waals surface area (Å²) in [5, 5.41) is 12.9. The Hall–Kier alpha value is -1.88. The molecule has 0 spiro atoms. The maximum absolute atomic E-state index is 12.6. The standard InChI is InChI=1S/C21H32N2O3/c1-14(24)18(20(2,3)4)22-19(26)23(6)12-11-21(5)13-17(25)15-9-7-8-10-16(15)21/h7-10,14,18,24H,11-13H2,1-6H3,(H,22,26). The summed E-state index contributed by atoms with van der Waals surface area (Å²) >= 11 is 0. The minimum absolute atomic E-state index is 0.178. The van der Waals surface area contributed by atoms with E-state index in [0.717, 1.165) is 11.1 Å². The molecule has 2 rings (SSSR count). The first-order chi connectivity index (χ1) is 12.0. The van der Waals surface area contributed by atoms with Crippen LogP contribution in [0.15, 0.2) is 24.3 Å². The quantitative estimate of drug-likeness (QED) is 0.846. The Labute approximate surface area is 156 Å². The third-order valence-electron chi connectivity index (χ3n) is 5.47. The molecule has 0 saturated heterocycles. The van der Waals surface area contributed by atoms with Gasteiger partial charge in [0.05, 0.1) is 12.1 Å². The lowest BCUT2D eigenvalue weighted by molar-refractivity contribution is 0.0843. The molecule has 0 fully saturated rings. The van der Waals surface area contributed by atoms with Crippen molar-refractivity contribution < 1.29 is 14.7 Å². The van der Waals surface area contributed by atoms with Gasteiger partial charge in [-0.05, 0) is 24.3 Å². The lowest BCUT2D eigenvalue weighted by Crippen LogP contribution is -2.53. The molecular formula is C21H32N2O3. The number of aliphatic hydroxyl groups excluding tert-OH is 1. The number of hydrogen-bond acceptors (Lipinski definition) is 3. The van der Waals surface area contributed by atoms with E-state index in [1.165, 1.54) is 0 Å². The highest BCUT2D eigenvalue weighted by Gasteiger charge is 2.39. The molecule has 144 valence electrons. The molecule has 0 aliphatic heterocycles. The van der Waals surface area contributed by atoms with Gasteiger partial charge < -0.3 is 15.3 Å². The normalized spacial score (nSPS) is 21.9. The summed E-state index contributed by atoms with van der Waals surface area (Å²) in [6.07, 6.45) is 0.568. The van der Waals surface area contributed by atoms with Gasteiger partial charge in [0.25, 0.3) is 0 Å². The molecule has 5 nitrogen and oxygen atoms in total. The maximum atomic E-state index is 12.6. The van der Waals surface area contributed by atoms with Gasteiger partial charge in [-0.25, -0.2) is 4.79 Å². The molecule has 0 radical (unpaired) electrons. The van der Waals surface area contributed by atoms with Crippen LogP contribution in [0.3, 0.4) is 0 Å². The van der Waals surface area contributed by atoms with Crippen LogP contribution in [0, 0.1) is 5.41 Å². The van der Waals surface area contributed by atoms with Crippen LogP contribution < -0.4 is 5.32 Å². The zero-order valence-electron chi connectivity index (χ0n) is 16.8. The Morgan fingerprint density at radius 1 is 1.35 bits per heavy atom. The molecule has 0 aromatic heterocycles. The molecule has 1 aliphatic rings. The van der Waals surface area contributed by atoms with Gasteiger partial charge in [-0.15, -0.1) is 0 Å². The monoisotopic (exact) mass is 360 g/mol. The van der Waals surface area contributed by atoms with E-state index in [1.807, 2.05) is 45.0 Å². The second kappa shape index (κ2) is 7.39. The molecule has 1 aromatic carbocycles. The molecule has 0 saturated carbocycles. The molecule has 0 heterocycles. The Balaban J connectivity index is 2.01. The molecule has 2 N–H and O–H groups in total. The Morgan fingerprint density at radius 3 is 2.54 bits per heavy atom. The molecule has 3 unspecified atom stereocenters. The van der Waals surface area contributed by atoms with Crippen LogP contribution in [-0.4, -0.2) is 47.6 Å². The topological polar surface area (TPSA) is 69.6 Å². The van der Waals surface area contributed by atoms with Crippen LogP contribution in [-0.2, 0) is 5.41 Å². The minimum atomic E-state index is -0.635. The molecule has 1 aliphatic carbocycles. The van der Waals surface area contributed by atoms with Gasteiger partial charge in [0.2, 0.25) is 0 Å². The van der Waals surface area contributed by atoms with Gasteiger partial charge in [-0.3, -0.25) is 4.79 Å². The van der Waals surface area contributed by atoms with Crippen LogP contribution in [0.5, 0.6) is 0 Å². The van der Waals surface area contributed by atoms with Crippen LogP contribution >= 0.6 is 0 Å². The molecule has 1 aromatic rings. The molecular weight excluding hydrogens is 328 g/mol. The smallest absolute Gasteiger partial charge is 0.317 e. The number of benzene rings is 1. The second-order valence-corrected chi connectivity index (χ2v) is 8.91. The van der Waals surface area contributed by atoms with Crippen molar-refractivity contribution in [3.05, 3.63) is 35.4 Å². The van der Waals surface area contributed by atoms with Crippen molar-refractivity contribution >= 4 is 11.8 Å². The average Bonchev–Trinajstić information content (AvgIpc) is 2.80. The van der Waals surface area contributed by atoms with Gasteiger partial charge in [-0.1, -0.05) is 52.0 Å². The summed E-state index contributed by atoms with van der Waals surface area (Å²) < 4.78 is 0. The number of aliphatic hydroxyl groups is 1. The summed E-state index contributed by atoms with van der Waals surface area (Å²) in [5.74, 6) is 0.178. The van der Waals surface area contributed by atoms with Crippen LogP contribution in [0.4, 0.5) is 4.79 Å². The highest BCUT2D eigenvalue weighted by Crippen LogP contribution is 2.41. The number of nitrogens with one attached hydrogen (secondary N) is 1. The number of hydrogen-bond donors (Lipinski definition) is 2. The van der Waals surface area contributed by atoms with E-state index in [0.29, 0.717) is 19.4 Å². The van der Waals surface area contributed by atoms with E-state index >= 15 is 0 Å². The number of amides is 2. The fraction of sp³-hybridized carbons (Fsp3) is 0.619. The number of ketones is 1. The van der Waals surface area contributed by atoms with E-state index in [-0.39, 0.29) is 28.7 Å². The second-order valence-electron chi connectivity index (χ2n) is 8.91. The van der Waals surface area contributed by atoms with E-state index in [4.69, 9.17) is 0 Å². The number of carbonyl (C=O) groups is 2. The first-order valence-electron chi connectivity index (χ1n) is 9.28. The van der Waals surface area contributed by atoms with Gasteiger partial charge in [-0.2, -0.15) is 0 Å². The number of Topliss-reactive ketones (excluding diaryl/α,β-unsaturated/α-hetero) is 1. The van der Waals surface area contributed by atoms with Crippen LogP contribution in [0.1, 0.15) is 63.4 Å². The minimum Gasteiger partial charge on any atom is -0.391 e. The number of urea groups is 1. The summed E-state index contributed by atoms with van der Waals surface area (Å²) in [5.41, 5.74) is 1.41. The average molecular weight is 360 g/mol. The highest BCUT2D eigenvalue weighted by atomic mass is 16.3. The van der Waals surface area contributed by atoms with Crippen molar-refractivity contribution in [2.24, 2.45) is 5.41 Å². The predicted molar refractivity (Wildman–Crippen MR) is 103 cm³/mol. The summed E-state index contributed by atoms with van der Waals surface area (Å²) in [6.45, 7) is 10.3. The van der Waals surface area contributed by atoms with Gasteiger partial charge >= 0.3 is 6.03 Å². The lowest BCUT2D eigenvalue weighted by atomic mass is 9.81. The lowest BCUT2D eigenvalue weighted by Gasteiger charge is -2.35. The largest absolute Gasteiger partial charge is 0.391 e. The fourth-order valence-electron chi connectivity index (χ4n) is 3.84. The summed E-state index contributed by atoms with van der Waals surface area (Å²) in [7, 11) is 1.75. The highest BCUT2D eigenvalue weighted by molar-refractivity contribution is 6.02. The van der Waals surface area contributed by atoms with Crippen molar-refractivity contribution in [3.63, 3.8) is 0 Å². The van der Waals surface area contributed by atoms with E-state index < -0.39 is 6.10 Å². The predicted octanol–water partition coefficient (Wildman–Crippen LogP) is 3.36. The SMILES string of the molecule is CC(O)C(NC(=O)N(C)CCC1(C)CC(=O)c2ccccc21)C(C)(C)C. The van der Waals surface area contributed by atoms with Crippen molar-refractivity contribution in [1.29, 1.82) is 0 Å². The molecule has 0 bridgehead atoms. The zero-order chi connectivity index (χ0) is 19.7. The molecule has 3 atom stereocenters. The third kappa shape index (κ3) is 4.26. The van der Waals surface area contributed by atoms with Gasteiger partial charge in [0.1, 0.15) is 0 Å². The fourth-order valence-corrected chi connectivity index (χ4v) is 3.84. The first kappa shape index (κ1) is 20.4. The number of rotatable bonds is 5. The van der Waals surface area contributed by atoms with Crippen LogP contribution in [0.25, 0.3) is 0 Å². The summed E-state index contributed by atoms with van der Waals surface area (Å²) in [4.78, 5) is 26.5. The van der Waals surface area contributed by atoms with E-state index in [1.54, 1.807) is 18.9 Å². The van der Waals surface area contributed by atoms with Crippen molar-refractivity contribution in [2.45, 2.75) is 65.0 Å². The Kier molecular flexibility index (Phi) is 5.81. The molecule has 2 amide bonds. The van der Waals surface area contributed by atoms with Crippen molar-refractivity contribution in [3.8, 4) is 0 Å². The number of fused-ring (bicyclic) bond motifs is 1. The zero-order valence-corrected chi connectivity index (χ0v) is 16.8. The number of nitrogens with zero attached hydrogens (tertiary/aromatic N) is 1.